The third kappa shape index (κ3) is 7.47. The van der Waals surface area contributed by atoms with Gasteiger partial charge >= 0.3 is 0 Å². The predicted octanol–water partition coefficient (Wildman–Crippen LogP) is 11.2. The van der Waals surface area contributed by atoms with Crippen molar-refractivity contribution in [2.75, 3.05) is 11.9 Å². The number of hydrogen-bond donors (Lipinski definition) is 1. The molecule has 0 aromatic heterocycles. The van der Waals surface area contributed by atoms with E-state index in [9.17, 15) is 0 Å². The zero-order valence-electron chi connectivity index (χ0n) is 35.6. The molecule has 0 amide bonds. The number of benzene rings is 9. The molecule has 306 valence electrons. The van der Waals surface area contributed by atoms with Crippen molar-refractivity contribution in [3.05, 3.63) is 264 Å². The maximum Gasteiger partial charge on any atom is 0.235 e. The molecule has 2 N–H and O–H groups in total. The first kappa shape index (κ1) is 39.4. The third-order valence-electron chi connectivity index (χ3n) is 12.6. The van der Waals surface area contributed by atoms with Gasteiger partial charge in [0.05, 0.1) is 25.2 Å². The first-order valence-corrected chi connectivity index (χ1v) is 23.5. The number of fused-ring (bicyclic) bond motifs is 3. The molecular formula is C59H47N4P+2. The first-order valence-electron chi connectivity index (χ1n) is 22.0. The van der Waals surface area contributed by atoms with E-state index in [1.165, 1.54) is 66.1 Å². The Hall–Kier alpha value is -7.49. The fourth-order valence-electron chi connectivity index (χ4n) is 9.63. The second kappa shape index (κ2) is 17.3. The van der Waals surface area contributed by atoms with E-state index < -0.39 is 7.92 Å². The topological polar surface area (TPSA) is 44.6 Å². The Morgan fingerprint density at radius 3 is 1.56 bits per heavy atom. The van der Waals surface area contributed by atoms with E-state index in [1.807, 2.05) is 0 Å². The Labute approximate surface area is 376 Å². The van der Waals surface area contributed by atoms with Crippen LogP contribution in [0.5, 0.6) is 0 Å². The molecule has 4 nitrogen and oxygen atoms in total. The van der Waals surface area contributed by atoms with Crippen molar-refractivity contribution in [1.82, 2.24) is 0 Å². The molecule has 0 aliphatic carbocycles. The van der Waals surface area contributed by atoms with Crippen molar-refractivity contribution >= 4 is 41.2 Å². The summed E-state index contributed by atoms with van der Waals surface area (Å²) < 4.78 is 0. The molecule has 0 saturated heterocycles. The number of anilines is 1. The summed E-state index contributed by atoms with van der Waals surface area (Å²) in [5.74, 6) is 1.68. The van der Waals surface area contributed by atoms with Crippen LogP contribution in [0, 0.1) is 0 Å². The Morgan fingerprint density at radius 1 is 0.422 bits per heavy atom. The molecule has 64 heavy (non-hydrogen) atoms. The molecule has 2 aliphatic heterocycles. The zero-order valence-corrected chi connectivity index (χ0v) is 36.6. The van der Waals surface area contributed by atoms with Crippen LogP contribution in [0.15, 0.2) is 247 Å². The second-order valence-corrected chi connectivity index (χ2v) is 19.0. The smallest absolute Gasteiger partial charge is 0.235 e. The van der Waals surface area contributed by atoms with Gasteiger partial charge in [-0.3, -0.25) is 5.32 Å². The maximum absolute atomic E-state index is 5.35. The van der Waals surface area contributed by atoms with Crippen molar-refractivity contribution in [1.29, 1.82) is 0 Å². The van der Waals surface area contributed by atoms with E-state index in [0.717, 1.165) is 28.4 Å². The fourth-order valence-corrected chi connectivity index (χ4v) is 12.2. The minimum Gasteiger partial charge on any atom is -0.362 e. The van der Waals surface area contributed by atoms with Gasteiger partial charge in [-0.1, -0.05) is 176 Å². The number of para-hydroxylation sites is 1. The summed E-state index contributed by atoms with van der Waals surface area (Å²) in [5.41, 5.74) is 14.4. The first-order chi connectivity index (χ1) is 31.7. The number of nitrogens with zero attached hydrogens (tertiary/aromatic N) is 3. The molecule has 2 aliphatic rings. The van der Waals surface area contributed by atoms with Crippen LogP contribution in [0.2, 0.25) is 0 Å². The average Bonchev–Trinajstić information content (AvgIpc) is 3.38. The molecule has 2 heterocycles. The van der Waals surface area contributed by atoms with Crippen molar-refractivity contribution in [3.63, 3.8) is 0 Å². The molecule has 2 atom stereocenters. The summed E-state index contributed by atoms with van der Waals surface area (Å²) in [4.78, 5) is 13.0. The van der Waals surface area contributed by atoms with Crippen LogP contribution in [0.25, 0.3) is 33.4 Å². The Kier molecular flexibility index (Phi) is 10.7. The van der Waals surface area contributed by atoms with Crippen LogP contribution in [0.4, 0.5) is 5.69 Å². The van der Waals surface area contributed by atoms with Crippen LogP contribution in [-0.4, -0.2) is 18.7 Å². The molecule has 5 heteroatoms. The van der Waals surface area contributed by atoms with Crippen molar-refractivity contribution in [2.24, 2.45) is 9.98 Å². The SMILES string of the molecule is CN1c2c(-c3ccc(C4N=C(c5ccc([PH+](c6ccccc6)c6ccccc6)cc5)N=C(c5ccccc5)[NH2+]4)cc3)cccc2-c2c(-c3ccccc3)cccc2C1c1ccccc1. The number of amidine groups is 2. The van der Waals surface area contributed by atoms with Gasteiger partial charge < -0.3 is 4.90 Å². The van der Waals surface area contributed by atoms with Crippen LogP contribution in [0.1, 0.15) is 40.0 Å². The molecule has 9 aromatic carbocycles. The van der Waals surface area contributed by atoms with E-state index in [2.05, 4.69) is 254 Å². The van der Waals surface area contributed by atoms with Crippen LogP contribution < -0.4 is 26.1 Å². The average molecular weight is 843 g/mol. The largest absolute Gasteiger partial charge is 0.362 e. The van der Waals surface area contributed by atoms with Gasteiger partial charge in [-0.2, -0.15) is 4.99 Å². The minimum absolute atomic E-state index is 0.0476. The number of quaternary nitrogens is 1. The monoisotopic (exact) mass is 842 g/mol. The summed E-state index contributed by atoms with van der Waals surface area (Å²) in [6, 6.07) is 85.7. The van der Waals surface area contributed by atoms with Gasteiger partial charge in [-0.25, -0.2) is 4.99 Å². The van der Waals surface area contributed by atoms with E-state index in [0.29, 0.717) is 0 Å². The minimum atomic E-state index is -1.20. The van der Waals surface area contributed by atoms with E-state index in [4.69, 9.17) is 9.98 Å². The zero-order chi connectivity index (χ0) is 42.8. The lowest BCUT2D eigenvalue weighted by Gasteiger charge is -2.40. The van der Waals surface area contributed by atoms with E-state index >= 15 is 0 Å². The summed E-state index contributed by atoms with van der Waals surface area (Å²) in [5, 5.41) is 6.27. The lowest BCUT2D eigenvalue weighted by atomic mass is 9.79. The molecular weight excluding hydrogens is 796 g/mol. The normalized spacial score (nSPS) is 15.5. The van der Waals surface area contributed by atoms with Gasteiger partial charge in [0.25, 0.3) is 0 Å². The van der Waals surface area contributed by atoms with E-state index in [1.54, 1.807) is 0 Å². The van der Waals surface area contributed by atoms with Crippen molar-refractivity contribution < 1.29 is 5.32 Å². The van der Waals surface area contributed by atoms with Crippen molar-refractivity contribution in [2.45, 2.75) is 12.2 Å². The predicted molar refractivity (Wildman–Crippen MR) is 270 cm³/mol. The molecule has 0 fully saturated rings. The van der Waals surface area contributed by atoms with Gasteiger partial charge in [-0.05, 0) is 94.0 Å². The van der Waals surface area contributed by atoms with Gasteiger partial charge in [0.15, 0.2) is 5.84 Å². The lowest BCUT2D eigenvalue weighted by molar-refractivity contribution is -0.586. The van der Waals surface area contributed by atoms with Gasteiger partial charge in [0.2, 0.25) is 12.0 Å². The van der Waals surface area contributed by atoms with Gasteiger partial charge in [0, 0.05) is 29.3 Å². The third-order valence-corrected chi connectivity index (χ3v) is 15.4. The summed E-state index contributed by atoms with van der Waals surface area (Å²) >= 11 is 0. The second-order valence-electron chi connectivity index (χ2n) is 16.5. The molecule has 0 spiro atoms. The highest BCUT2D eigenvalue weighted by Crippen LogP contribution is 2.53. The number of aliphatic imine (C=N–C) groups is 2. The van der Waals surface area contributed by atoms with Crippen LogP contribution >= 0.6 is 7.92 Å². The highest BCUT2D eigenvalue weighted by Gasteiger charge is 2.34. The Morgan fingerprint density at radius 2 is 0.922 bits per heavy atom. The summed E-state index contributed by atoms with van der Waals surface area (Å²) in [6.45, 7) is 0. The van der Waals surface area contributed by atoms with Crippen molar-refractivity contribution in [3.8, 4) is 33.4 Å². The number of nitrogens with two attached hydrogens (primary N) is 1. The maximum atomic E-state index is 5.35. The van der Waals surface area contributed by atoms with Crippen LogP contribution in [-0.2, 0) is 0 Å². The highest BCUT2D eigenvalue weighted by molar-refractivity contribution is 7.79. The van der Waals surface area contributed by atoms with Gasteiger partial charge in [-0.15, -0.1) is 0 Å². The fraction of sp³-hybridized carbons (Fsp3) is 0.0508. The highest BCUT2D eigenvalue weighted by atomic mass is 31.1. The quantitative estimate of drug-likeness (QED) is 0.145. The number of hydrogen-bond acceptors (Lipinski definition) is 3. The molecule has 11 rings (SSSR count). The number of rotatable bonds is 9. The molecule has 2 unspecified atom stereocenters. The summed E-state index contributed by atoms with van der Waals surface area (Å²) in [7, 11) is 1.05. The molecule has 0 bridgehead atoms. The molecule has 0 radical (unpaired) electrons. The standard InChI is InChI=1S/C59H45N4P/c1-63-55(43-21-9-3-10-22-43)52-31-17-29-50(41-19-7-2-8-20-41)54(52)53-32-18-30-51(56(53)63)42-33-35-45(36-34-42)58-60-57(44-23-11-4-12-24-44)61-59(62-58)46-37-39-49(40-38-46)64(47-25-13-5-14-26-47)48-27-15-6-16-28-48/h2-40,55,58H,1H3,(H,60,61,62)/p+2. The summed E-state index contributed by atoms with van der Waals surface area (Å²) in [6.07, 6.45) is -0.208. The molecule has 0 saturated carbocycles. The Bertz CT molecular complexity index is 3080. The molecule has 9 aromatic rings. The van der Waals surface area contributed by atoms with E-state index in [-0.39, 0.29) is 12.2 Å². The lowest BCUT2D eigenvalue weighted by Crippen LogP contribution is -2.90. The Balaban J connectivity index is 0.968. The van der Waals surface area contributed by atoms with Crippen LogP contribution in [0.3, 0.4) is 0 Å². The van der Waals surface area contributed by atoms with Gasteiger partial charge in [0.1, 0.15) is 15.9 Å².